The van der Waals surface area contributed by atoms with E-state index in [-0.39, 0.29) is 50.0 Å². The summed E-state index contributed by atoms with van der Waals surface area (Å²) < 4.78 is 31.0. The van der Waals surface area contributed by atoms with E-state index in [1.165, 1.54) is 17.7 Å². The van der Waals surface area contributed by atoms with Gasteiger partial charge in [0.25, 0.3) is 0 Å². The molecule has 49 heavy (non-hydrogen) atoms. The number of rotatable bonds is 7. The first-order valence-corrected chi connectivity index (χ1v) is 18.5. The Morgan fingerprint density at radius 1 is 0.735 bits per heavy atom. The van der Waals surface area contributed by atoms with Gasteiger partial charge in [-0.15, -0.1) is 18.2 Å². The summed E-state index contributed by atoms with van der Waals surface area (Å²) in [5.74, 6) is 14.4. The number of hydrogen-bond acceptors (Lipinski definition) is 10. The molecular formula is C39H47NO7S2. The van der Waals surface area contributed by atoms with Gasteiger partial charge in [0.05, 0.1) is 44.4 Å². The number of hydrogen-bond donors (Lipinski definition) is 0. The Balaban J connectivity index is 1.88. The maximum absolute atomic E-state index is 13.3. The normalized spacial score (nSPS) is 21.2. The number of thioether (sulfide) groups is 2. The second-order valence-electron chi connectivity index (χ2n) is 13.6. The van der Waals surface area contributed by atoms with E-state index in [2.05, 4.69) is 46.7 Å². The predicted molar refractivity (Wildman–Crippen MR) is 196 cm³/mol. The lowest BCUT2D eigenvalue weighted by molar-refractivity contribution is -0.100. The van der Waals surface area contributed by atoms with Gasteiger partial charge >= 0.3 is 11.9 Å². The highest BCUT2D eigenvalue weighted by Gasteiger charge is 2.33. The molecule has 0 saturated heterocycles. The number of carbonyl (C=O) groups is 2. The number of esters is 2. The minimum atomic E-state index is -0.652. The monoisotopic (exact) mass is 705 g/mol. The average Bonchev–Trinajstić information content (AvgIpc) is 3.05. The third kappa shape index (κ3) is 14.9. The van der Waals surface area contributed by atoms with E-state index in [4.69, 9.17) is 30.1 Å². The van der Waals surface area contributed by atoms with Gasteiger partial charge in [0.2, 0.25) is 0 Å². The van der Waals surface area contributed by atoms with Crippen LogP contribution in [-0.4, -0.2) is 85.0 Å². The number of cyclic esters (lactones) is 2. The highest BCUT2D eigenvalue weighted by molar-refractivity contribution is 7.99. The molecule has 0 saturated carbocycles. The Morgan fingerprint density at radius 3 is 1.82 bits per heavy atom. The van der Waals surface area contributed by atoms with Gasteiger partial charge in [-0.3, -0.25) is 0 Å². The van der Waals surface area contributed by atoms with Gasteiger partial charge in [0, 0.05) is 28.1 Å². The number of ether oxygens (including phenoxy) is 5. The van der Waals surface area contributed by atoms with Crippen LogP contribution in [0.3, 0.4) is 0 Å². The molecule has 0 spiro atoms. The van der Waals surface area contributed by atoms with Crippen molar-refractivity contribution >= 4 is 35.5 Å². The Hall–Kier alpha value is -3.43. The summed E-state index contributed by atoms with van der Waals surface area (Å²) in [7, 11) is 0. The zero-order valence-corrected chi connectivity index (χ0v) is 30.9. The number of benzene rings is 1. The second kappa shape index (κ2) is 20.3. The molecule has 3 rings (SSSR count). The van der Waals surface area contributed by atoms with E-state index in [1.54, 1.807) is 29.6 Å². The van der Waals surface area contributed by atoms with Crippen molar-refractivity contribution in [3.63, 3.8) is 0 Å². The van der Waals surface area contributed by atoms with Crippen LogP contribution in [-0.2, 0) is 29.4 Å². The SMILES string of the molecule is C#CC#CC#CCSCC1COC[C@H](C(C)(C)C)OC(=O)c2cccc(n2)C(=O)O[C@@H](C(C)(C)C)COCC(CSCc2ccccc2)O1. The minimum Gasteiger partial charge on any atom is -0.455 e. The van der Waals surface area contributed by atoms with Gasteiger partial charge in [-0.25, -0.2) is 14.6 Å². The summed E-state index contributed by atoms with van der Waals surface area (Å²) in [6, 6.07) is 14.9. The van der Waals surface area contributed by atoms with Crippen molar-refractivity contribution in [2.24, 2.45) is 10.8 Å². The number of nitrogens with zero attached hydrogens (tertiary/aromatic N) is 1. The quantitative estimate of drug-likeness (QED) is 0.185. The van der Waals surface area contributed by atoms with Crippen LogP contribution in [0.2, 0.25) is 0 Å². The molecule has 262 valence electrons. The van der Waals surface area contributed by atoms with Gasteiger partial charge in [-0.05, 0) is 41.4 Å². The van der Waals surface area contributed by atoms with E-state index in [0.717, 1.165) is 5.75 Å². The molecule has 0 N–H and O–H groups in total. The highest BCUT2D eigenvalue weighted by atomic mass is 32.2. The second-order valence-corrected chi connectivity index (χ2v) is 15.7. The largest absolute Gasteiger partial charge is 0.455 e. The summed E-state index contributed by atoms with van der Waals surface area (Å²) in [5.41, 5.74) is 0.354. The molecule has 4 atom stereocenters. The van der Waals surface area contributed by atoms with E-state index in [9.17, 15) is 9.59 Å². The molecule has 1 aliphatic heterocycles. The van der Waals surface area contributed by atoms with Crippen molar-refractivity contribution in [1.82, 2.24) is 4.98 Å². The number of fused-ring (bicyclic) bond motifs is 2. The fourth-order valence-corrected chi connectivity index (χ4v) is 6.09. The molecule has 0 radical (unpaired) electrons. The molecular weight excluding hydrogens is 659 g/mol. The molecule has 0 fully saturated rings. The molecule has 2 unspecified atom stereocenters. The molecule has 8 nitrogen and oxygen atoms in total. The summed E-state index contributed by atoms with van der Waals surface area (Å²) in [6.45, 7) is 12.7. The smallest absolute Gasteiger partial charge is 0.357 e. The Labute approximate surface area is 300 Å². The fourth-order valence-electron chi connectivity index (χ4n) is 4.37. The summed E-state index contributed by atoms with van der Waals surface area (Å²) >= 11 is 3.35. The molecule has 2 aromatic rings. The molecule has 2 heterocycles. The first-order chi connectivity index (χ1) is 23.4. The third-order valence-corrected chi connectivity index (χ3v) is 9.41. The zero-order valence-electron chi connectivity index (χ0n) is 29.3. The fraction of sp³-hybridized carbons (Fsp3) is 0.513. The lowest BCUT2D eigenvalue weighted by Gasteiger charge is -2.32. The first kappa shape index (κ1) is 40.0. The van der Waals surface area contributed by atoms with E-state index in [0.29, 0.717) is 17.3 Å². The van der Waals surface area contributed by atoms with Crippen LogP contribution in [0.4, 0.5) is 0 Å². The standard InChI is InChI=1S/C39H47NO7S2/c1-8-9-10-11-15-21-48-27-30-22-43-24-34(38(2,3)4)46-36(41)32-19-16-20-33(40-32)37(42)47-35(39(5,6)7)25-44-23-31(45-30)28-49-26-29-17-13-12-14-18-29/h1,12-14,16-20,30-31,34-35H,21-28H2,2-7H3/t30?,31?,34-,35-/m1/s1. The molecule has 10 heteroatoms. The number of terminal acetylenes is 1. The number of pyridine rings is 1. The van der Waals surface area contributed by atoms with Gasteiger partial charge in [0.1, 0.15) is 23.6 Å². The van der Waals surface area contributed by atoms with Crippen LogP contribution in [0, 0.1) is 46.9 Å². The summed E-state index contributed by atoms with van der Waals surface area (Å²) in [6.07, 6.45) is 3.37. The zero-order chi connectivity index (χ0) is 35.7. The Bertz CT molecular complexity index is 1520. The number of carbonyl (C=O) groups excluding carboxylic acids is 2. The van der Waals surface area contributed by atoms with E-state index in [1.807, 2.05) is 59.7 Å². The molecule has 2 bridgehead atoms. The molecule has 1 aliphatic rings. The summed E-state index contributed by atoms with van der Waals surface area (Å²) in [4.78, 5) is 30.8. The lowest BCUT2D eigenvalue weighted by atomic mass is 9.89. The Morgan fingerprint density at radius 2 is 1.29 bits per heavy atom. The minimum absolute atomic E-state index is 0.00914. The van der Waals surface area contributed by atoms with E-state index < -0.39 is 35.0 Å². The molecule has 1 aromatic heterocycles. The van der Waals surface area contributed by atoms with Crippen LogP contribution in [0.25, 0.3) is 0 Å². The van der Waals surface area contributed by atoms with E-state index >= 15 is 0 Å². The van der Waals surface area contributed by atoms with Crippen LogP contribution < -0.4 is 0 Å². The van der Waals surface area contributed by atoms with Gasteiger partial charge in [-0.2, -0.15) is 11.8 Å². The van der Waals surface area contributed by atoms with Crippen molar-refractivity contribution in [3.05, 3.63) is 65.5 Å². The molecule has 0 aliphatic carbocycles. The van der Waals surface area contributed by atoms with Gasteiger partial charge < -0.3 is 23.7 Å². The predicted octanol–water partition coefficient (Wildman–Crippen LogP) is 6.33. The lowest BCUT2D eigenvalue weighted by Crippen LogP contribution is -2.40. The maximum atomic E-state index is 13.3. The summed E-state index contributed by atoms with van der Waals surface area (Å²) in [5, 5.41) is 0. The van der Waals surface area contributed by atoms with Crippen molar-refractivity contribution in [2.45, 2.75) is 71.7 Å². The molecule has 1 aromatic carbocycles. The highest BCUT2D eigenvalue weighted by Crippen LogP contribution is 2.26. The van der Waals surface area contributed by atoms with Crippen molar-refractivity contribution in [2.75, 3.05) is 43.7 Å². The van der Waals surface area contributed by atoms with Gasteiger partial charge in [-0.1, -0.05) is 83.9 Å². The van der Waals surface area contributed by atoms with Crippen LogP contribution >= 0.6 is 23.5 Å². The van der Waals surface area contributed by atoms with Crippen LogP contribution in [0.1, 0.15) is 68.1 Å². The van der Waals surface area contributed by atoms with Crippen molar-refractivity contribution in [1.29, 1.82) is 0 Å². The Kier molecular flexibility index (Phi) is 16.6. The maximum Gasteiger partial charge on any atom is 0.357 e. The van der Waals surface area contributed by atoms with Crippen molar-refractivity contribution < 1.29 is 33.3 Å². The topological polar surface area (TPSA) is 93.2 Å². The van der Waals surface area contributed by atoms with Gasteiger partial charge in [0.15, 0.2) is 0 Å². The average molecular weight is 706 g/mol. The number of aromatic nitrogens is 1. The van der Waals surface area contributed by atoms with Crippen LogP contribution in [0.5, 0.6) is 0 Å². The molecule has 0 amide bonds. The van der Waals surface area contributed by atoms with Crippen LogP contribution in [0.15, 0.2) is 48.5 Å². The third-order valence-electron chi connectivity index (χ3n) is 7.31. The first-order valence-electron chi connectivity index (χ1n) is 16.2. The van der Waals surface area contributed by atoms with Crippen molar-refractivity contribution in [3.8, 4) is 36.0 Å².